The smallest absolute Gasteiger partial charge is 0.243 e. The van der Waals surface area contributed by atoms with Crippen molar-refractivity contribution < 1.29 is 18.3 Å². The second kappa shape index (κ2) is 7.88. The number of nitrogens with one attached hydrogen (secondary N) is 1. The lowest BCUT2D eigenvalue weighted by atomic mass is 10.1. The van der Waals surface area contributed by atoms with Crippen molar-refractivity contribution in [3.63, 3.8) is 0 Å². The third kappa shape index (κ3) is 4.42. The van der Waals surface area contributed by atoms with Crippen LogP contribution in [0.15, 0.2) is 59.5 Å². The van der Waals surface area contributed by atoms with Crippen LogP contribution in [0.2, 0.25) is 0 Å². The van der Waals surface area contributed by atoms with Crippen LogP contribution in [0.5, 0.6) is 5.75 Å². The van der Waals surface area contributed by atoms with Crippen LogP contribution in [-0.4, -0.2) is 42.9 Å². The van der Waals surface area contributed by atoms with Crippen LogP contribution < -0.4 is 5.32 Å². The van der Waals surface area contributed by atoms with Gasteiger partial charge < -0.3 is 10.4 Å². The molecule has 0 aromatic heterocycles. The minimum Gasteiger partial charge on any atom is -0.508 e. The number of nitrogens with zero attached hydrogens (tertiary/aromatic N) is 1. The Hall–Kier alpha value is -2.38. The van der Waals surface area contributed by atoms with E-state index in [1.807, 2.05) is 0 Å². The molecule has 0 bridgehead atoms. The van der Waals surface area contributed by atoms with Gasteiger partial charge in [-0.1, -0.05) is 30.3 Å². The monoisotopic (exact) mass is 374 g/mol. The number of amides is 1. The molecule has 2 N–H and O–H groups in total. The SMILES string of the molecule is O=C(CCc1ccc(O)cc1)NC1CCN(S(=O)(=O)c2ccccc2)C1. The lowest BCUT2D eigenvalue weighted by molar-refractivity contribution is -0.121. The van der Waals surface area contributed by atoms with Crippen LogP contribution in [0.3, 0.4) is 0 Å². The molecule has 0 spiro atoms. The summed E-state index contributed by atoms with van der Waals surface area (Å²) in [5.41, 5.74) is 0.970. The largest absolute Gasteiger partial charge is 0.508 e. The fourth-order valence-corrected chi connectivity index (χ4v) is 4.55. The summed E-state index contributed by atoms with van der Waals surface area (Å²) in [7, 11) is -3.51. The first-order valence-corrected chi connectivity index (χ1v) is 10.0. The molecular weight excluding hydrogens is 352 g/mol. The summed E-state index contributed by atoms with van der Waals surface area (Å²) >= 11 is 0. The molecule has 1 atom stereocenters. The van der Waals surface area contributed by atoms with E-state index in [4.69, 9.17) is 0 Å². The van der Waals surface area contributed by atoms with Crippen LogP contribution in [0.25, 0.3) is 0 Å². The highest BCUT2D eigenvalue weighted by Crippen LogP contribution is 2.21. The summed E-state index contributed by atoms with van der Waals surface area (Å²) < 4.78 is 26.6. The lowest BCUT2D eigenvalue weighted by Crippen LogP contribution is -2.38. The first-order valence-electron chi connectivity index (χ1n) is 8.57. The maximum Gasteiger partial charge on any atom is 0.243 e. The van der Waals surface area contributed by atoms with E-state index < -0.39 is 10.0 Å². The van der Waals surface area contributed by atoms with Gasteiger partial charge in [0.1, 0.15) is 5.75 Å². The summed E-state index contributed by atoms with van der Waals surface area (Å²) in [5.74, 6) is 0.103. The van der Waals surface area contributed by atoms with E-state index in [0.717, 1.165) is 5.56 Å². The molecule has 1 amide bonds. The molecule has 2 aromatic rings. The van der Waals surface area contributed by atoms with E-state index in [0.29, 0.717) is 32.4 Å². The molecule has 1 heterocycles. The van der Waals surface area contributed by atoms with Gasteiger partial charge in [-0.25, -0.2) is 8.42 Å². The fraction of sp³-hybridized carbons (Fsp3) is 0.316. The summed E-state index contributed by atoms with van der Waals surface area (Å²) in [6.45, 7) is 0.697. The molecule has 1 fully saturated rings. The van der Waals surface area contributed by atoms with Crippen molar-refractivity contribution in [2.24, 2.45) is 0 Å². The predicted octanol–water partition coefficient (Wildman–Crippen LogP) is 1.90. The Kier molecular flexibility index (Phi) is 5.58. The zero-order valence-electron chi connectivity index (χ0n) is 14.3. The average Bonchev–Trinajstić information content (AvgIpc) is 3.11. The van der Waals surface area contributed by atoms with E-state index >= 15 is 0 Å². The number of carbonyl (C=O) groups excluding carboxylic acids is 1. The van der Waals surface area contributed by atoms with Crippen LogP contribution in [0, 0.1) is 0 Å². The van der Waals surface area contributed by atoms with Crippen molar-refractivity contribution in [2.45, 2.75) is 30.2 Å². The second-order valence-corrected chi connectivity index (χ2v) is 8.33. The highest BCUT2D eigenvalue weighted by atomic mass is 32.2. The zero-order valence-corrected chi connectivity index (χ0v) is 15.2. The molecule has 26 heavy (non-hydrogen) atoms. The van der Waals surface area contributed by atoms with Crippen molar-refractivity contribution in [2.75, 3.05) is 13.1 Å². The number of hydrogen-bond donors (Lipinski definition) is 2. The molecule has 1 unspecified atom stereocenters. The van der Waals surface area contributed by atoms with Crippen LogP contribution in [-0.2, 0) is 21.2 Å². The Labute approximate surface area is 153 Å². The van der Waals surface area contributed by atoms with Crippen molar-refractivity contribution in [3.8, 4) is 5.75 Å². The fourth-order valence-electron chi connectivity index (χ4n) is 3.03. The van der Waals surface area contributed by atoms with Gasteiger partial charge in [-0.3, -0.25) is 4.79 Å². The third-order valence-corrected chi connectivity index (χ3v) is 6.35. The van der Waals surface area contributed by atoms with E-state index in [9.17, 15) is 18.3 Å². The zero-order chi connectivity index (χ0) is 18.6. The molecule has 138 valence electrons. The van der Waals surface area contributed by atoms with Crippen LogP contribution in [0.1, 0.15) is 18.4 Å². The molecular formula is C19H22N2O4S. The quantitative estimate of drug-likeness (QED) is 0.809. The minimum atomic E-state index is -3.51. The molecule has 0 aliphatic carbocycles. The number of hydrogen-bond acceptors (Lipinski definition) is 4. The van der Waals surface area contributed by atoms with Crippen LogP contribution >= 0.6 is 0 Å². The van der Waals surface area contributed by atoms with Gasteiger partial charge in [-0.2, -0.15) is 4.31 Å². The summed E-state index contributed by atoms with van der Waals surface area (Å²) in [5, 5.41) is 12.2. The molecule has 1 saturated heterocycles. The first kappa shape index (κ1) is 18.4. The van der Waals surface area contributed by atoms with Crippen molar-refractivity contribution >= 4 is 15.9 Å². The van der Waals surface area contributed by atoms with Gasteiger partial charge >= 0.3 is 0 Å². The minimum absolute atomic E-state index is 0.0953. The van der Waals surface area contributed by atoms with E-state index in [-0.39, 0.29) is 22.6 Å². The number of phenols is 1. The number of phenolic OH excluding ortho intramolecular Hbond substituents is 1. The third-order valence-electron chi connectivity index (χ3n) is 4.47. The maximum atomic E-state index is 12.6. The molecule has 0 saturated carbocycles. The van der Waals surface area contributed by atoms with Gasteiger partial charge in [0.2, 0.25) is 15.9 Å². The number of sulfonamides is 1. The Morgan fingerprint density at radius 1 is 1.12 bits per heavy atom. The van der Waals surface area contributed by atoms with E-state index in [1.54, 1.807) is 54.6 Å². The first-order chi connectivity index (χ1) is 12.4. The Morgan fingerprint density at radius 3 is 2.50 bits per heavy atom. The standard InChI is InChI=1S/C19H22N2O4S/c22-17-9-6-15(7-10-17)8-11-19(23)20-16-12-13-21(14-16)26(24,25)18-4-2-1-3-5-18/h1-7,9-10,16,22H,8,11-14H2,(H,20,23). The number of benzene rings is 2. The number of aromatic hydroxyl groups is 1. The molecule has 6 nitrogen and oxygen atoms in total. The summed E-state index contributed by atoms with van der Waals surface area (Å²) in [4.78, 5) is 12.4. The predicted molar refractivity (Wildman–Crippen MR) is 98.2 cm³/mol. The van der Waals surface area contributed by atoms with Crippen molar-refractivity contribution in [1.82, 2.24) is 9.62 Å². The van der Waals surface area contributed by atoms with E-state index in [2.05, 4.69) is 5.32 Å². The normalized spacial score (nSPS) is 17.9. The number of rotatable bonds is 6. The van der Waals surface area contributed by atoms with E-state index in [1.165, 1.54) is 4.31 Å². The molecule has 7 heteroatoms. The Morgan fingerprint density at radius 2 is 1.81 bits per heavy atom. The van der Waals surface area contributed by atoms with Gasteiger partial charge in [-0.15, -0.1) is 0 Å². The van der Waals surface area contributed by atoms with Crippen molar-refractivity contribution in [3.05, 3.63) is 60.2 Å². The number of carbonyl (C=O) groups is 1. The highest BCUT2D eigenvalue weighted by molar-refractivity contribution is 7.89. The molecule has 2 aromatic carbocycles. The summed E-state index contributed by atoms with van der Waals surface area (Å²) in [6, 6.07) is 14.9. The topological polar surface area (TPSA) is 86.7 Å². The number of aryl methyl sites for hydroxylation is 1. The molecule has 0 radical (unpaired) electrons. The van der Waals surface area contributed by atoms with Gasteiger partial charge in [0.15, 0.2) is 0 Å². The van der Waals surface area contributed by atoms with Crippen LogP contribution in [0.4, 0.5) is 0 Å². The Bertz CT molecular complexity index is 851. The molecule has 3 rings (SSSR count). The van der Waals surface area contributed by atoms with Gasteiger partial charge in [-0.05, 0) is 42.7 Å². The average molecular weight is 374 g/mol. The second-order valence-electron chi connectivity index (χ2n) is 6.40. The lowest BCUT2D eigenvalue weighted by Gasteiger charge is -2.17. The van der Waals surface area contributed by atoms with Gasteiger partial charge in [0, 0.05) is 25.6 Å². The van der Waals surface area contributed by atoms with Crippen molar-refractivity contribution in [1.29, 1.82) is 0 Å². The molecule has 1 aliphatic rings. The highest BCUT2D eigenvalue weighted by Gasteiger charge is 2.32. The summed E-state index contributed by atoms with van der Waals surface area (Å²) in [6.07, 6.45) is 1.51. The Balaban J connectivity index is 1.51. The maximum absolute atomic E-state index is 12.6. The molecule has 1 aliphatic heterocycles. The van der Waals surface area contributed by atoms with Gasteiger partial charge in [0.05, 0.1) is 4.90 Å². The van der Waals surface area contributed by atoms with Gasteiger partial charge in [0.25, 0.3) is 0 Å².